The van der Waals surface area contributed by atoms with E-state index in [-0.39, 0.29) is 5.78 Å². The van der Waals surface area contributed by atoms with Crippen molar-refractivity contribution in [1.82, 2.24) is 0 Å². The molecule has 0 aliphatic carbocycles. The zero-order valence-corrected chi connectivity index (χ0v) is 16.7. The van der Waals surface area contributed by atoms with Crippen LogP contribution in [-0.2, 0) is 0 Å². The van der Waals surface area contributed by atoms with Crippen LogP contribution in [0, 0.1) is 0 Å². The van der Waals surface area contributed by atoms with Crippen LogP contribution in [0.4, 0.5) is 0 Å². The van der Waals surface area contributed by atoms with E-state index < -0.39 is 6.61 Å². The minimum atomic E-state index is -0.445. The van der Waals surface area contributed by atoms with Crippen LogP contribution in [0.15, 0.2) is 24.3 Å². The monoisotopic (exact) mass is 362 g/mol. The average Bonchev–Trinajstić information content (AvgIpc) is 2.68. The molecule has 0 radical (unpaired) electrons. The van der Waals surface area contributed by atoms with E-state index in [2.05, 4.69) is 6.92 Å². The Balaban J connectivity index is 1.88. The topological polar surface area (TPSA) is 46.5 Å². The molecule has 0 aliphatic rings. The summed E-state index contributed by atoms with van der Waals surface area (Å²) in [5.74, 6) is 0.534. The van der Waals surface area contributed by atoms with Gasteiger partial charge in [0.2, 0.25) is 0 Å². The molecule has 0 saturated carbocycles. The van der Waals surface area contributed by atoms with Gasteiger partial charge in [-0.2, -0.15) is 0 Å². The Labute approximate surface area is 160 Å². The van der Waals surface area contributed by atoms with Gasteiger partial charge in [-0.1, -0.05) is 84.0 Å². The molecule has 148 valence electrons. The summed E-state index contributed by atoms with van der Waals surface area (Å²) in [6.07, 6.45) is 17.5. The van der Waals surface area contributed by atoms with Gasteiger partial charge in [-0.25, -0.2) is 0 Å². The molecule has 0 atom stereocenters. The maximum atomic E-state index is 11.3. The third-order valence-corrected chi connectivity index (χ3v) is 4.84. The fraction of sp³-hybridized carbons (Fsp3) is 0.696. The molecule has 0 spiro atoms. The fourth-order valence-electron chi connectivity index (χ4n) is 3.14. The van der Waals surface area contributed by atoms with E-state index in [0.717, 1.165) is 18.8 Å². The van der Waals surface area contributed by atoms with Crippen LogP contribution in [0.3, 0.4) is 0 Å². The largest absolute Gasteiger partial charge is 0.494 e. The highest BCUT2D eigenvalue weighted by Gasteiger charge is 2.03. The molecule has 1 aromatic rings. The summed E-state index contributed by atoms with van der Waals surface area (Å²) < 4.78 is 5.70. The van der Waals surface area contributed by atoms with Gasteiger partial charge in [-0.15, -0.1) is 0 Å². The van der Waals surface area contributed by atoms with Crippen molar-refractivity contribution in [3.63, 3.8) is 0 Å². The molecule has 0 fully saturated rings. The highest BCUT2D eigenvalue weighted by molar-refractivity contribution is 5.96. The molecule has 3 nitrogen and oxygen atoms in total. The Morgan fingerprint density at radius 2 is 1.23 bits per heavy atom. The number of ether oxygens (including phenoxy) is 1. The Hall–Kier alpha value is -1.35. The van der Waals surface area contributed by atoms with Gasteiger partial charge in [0.25, 0.3) is 0 Å². The van der Waals surface area contributed by atoms with E-state index in [1.54, 1.807) is 24.3 Å². The van der Waals surface area contributed by atoms with Gasteiger partial charge < -0.3 is 9.84 Å². The number of unbranched alkanes of at least 4 members (excludes halogenated alkanes) is 12. The van der Waals surface area contributed by atoms with Crippen molar-refractivity contribution in [1.29, 1.82) is 0 Å². The summed E-state index contributed by atoms with van der Waals surface area (Å²) >= 11 is 0. The maximum absolute atomic E-state index is 11.3. The number of aliphatic hydroxyl groups excluding tert-OH is 1. The van der Waals surface area contributed by atoms with Gasteiger partial charge >= 0.3 is 0 Å². The van der Waals surface area contributed by atoms with Crippen molar-refractivity contribution in [2.75, 3.05) is 13.2 Å². The molecule has 0 aromatic heterocycles. The minimum absolute atomic E-state index is 0.256. The van der Waals surface area contributed by atoms with Crippen LogP contribution in [0.5, 0.6) is 5.75 Å². The Morgan fingerprint density at radius 3 is 1.69 bits per heavy atom. The number of aliphatic hydroxyl groups is 1. The first-order chi connectivity index (χ1) is 12.8. The van der Waals surface area contributed by atoms with Crippen molar-refractivity contribution in [3.8, 4) is 5.75 Å². The highest BCUT2D eigenvalue weighted by atomic mass is 16.5. The van der Waals surface area contributed by atoms with Gasteiger partial charge in [-0.3, -0.25) is 4.79 Å². The first kappa shape index (κ1) is 22.7. The molecule has 0 aliphatic heterocycles. The molecule has 1 N–H and O–H groups in total. The molecule has 0 heterocycles. The highest BCUT2D eigenvalue weighted by Crippen LogP contribution is 2.15. The quantitative estimate of drug-likeness (QED) is 0.260. The van der Waals surface area contributed by atoms with Gasteiger partial charge in [0.05, 0.1) is 6.61 Å². The second-order valence-electron chi connectivity index (χ2n) is 7.20. The summed E-state index contributed by atoms with van der Waals surface area (Å²) in [5.41, 5.74) is 0.529. The molecule has 0 saturated heterocycles. The number of ketones is 1. The van der Waals surface area contributed by atoms with Crippen LogP contribution in [0.2, 0.25) is 0 Å². The maximum Gasteiger partial charge on any atom is 0.188 e. The van der Waals surface area contributed by atoms with E-state index in [1.807, 2.05) is 0 Å². The number of benzene rings is 1. The Morgan fingerprint density at radius 1 is 0.769 bits per heavy atom. The fourth-order valence-corrected chi connectivity index (χ4v) is 3.14. The van der Waals surface area contributed by atoms with Crippen molar-refractivity contribution in [3.05, 3.63) is 29.8 Å². The van der Waals surface area contributed by atoms with Crippen LogP contribution in [0.25, 0.3) is 0 Å². The summed E-state index contributed by atoms with van der Waals surface area (Å²) in [7, 11) is 0. The molecular formula is C23H38O3. The van der Waals surface area contributed by atoms with E-state index in [0.29, 0.717) is 5.56 Å². The third-order valence-electron chi connectivity index (χ3n) is 4.84. The number of rotatable bonds is 17. The smallest absolute Gasteiger partial charge is 0.188 e. The second kappa shape index (κ2) is 15.9. The van der Waals surface area contributed by atoms with Crippen molar-refractivity contribution >= 4 is 5.78 Å². The summed E-state index contributed by atoms with van der Waals surface area (Å²) in [5, 5.41) is 8.82. The lowest BCUT2D eigenvalue weighted by atomic mass is 10.0. The second-order valence-corrected chi connectivity index (χ2v) is 7.20. The van der Waals surface area contributed by atoms with E-state index >= 15 is 0 Å². The zero-order valence-electron chi connectivity index (χ0n) is 16.7. The predicted molar refractivity (Wildman–Crippen MR) is 109 cm³/mol. The molecular weight excluding hydrogens is 324 g/mol. The molecule has 0 unspecified atom stereocenters. The van der Waals surface area contributed by atoms with Crippen LogP contribution >= 0.6 is 0 Å². The Kier molecular flexibility index (Phi) is 13.8. The predicted octanol–water partition coefficient (Wildman–Crippen LogP) is 6.33. The Bertz CT molecular complexity index is 453. The first-order valence-electron chi connectivity index (χ1n) is 10.6. The lowest BCUT2D eigenvalue weighted by Crippen LogP contribution is -2.04. The van der Waals surface area contributed by atoms with Crippen LogP contribution < -0.4 is 4.74 Å². The molecule has 26 heavy (non-hydrogen) atoms. The van der Waals surface area contributed by atoms with E-state index in [1.165, 1.54) is 77.0 Å². The SMILES string of the molecule is CCCCCCCCCCCCCCCOc1ccc(C(=O)CO)cc1. The molecule has 1 rings (SSSR count). The van der Waals surface area contributed by atoms with Gasteiger partial charge in [0.15, 0.2) is 5.78 Å². The van der Waals surface area contributed by atoms with Crippen LogP contribution in [0.1, 0.15) is 101 Å². The van der Waals surface area contributed by atoms with Gasteiger partial charge in [0, 0.05) is 5.56 Å². The molecule has 0 bridgehead atoms. The number of hydrogen-bond acceptors (Lipinski definition) is 3. The van der Waals surface area contributed by atoms with Gasteiger partial charge in [0.1, 0.15) is 12.4 Å². The standard InChI is InChI=1S/C23H38O3/c1-2-3-4-5-6-7-8-9-10-11-12-13-14-19-26-22-17-15-21(16-18-22)23(25)20-24/h15-18,24H,2-14,19-20H2,1H3. The van der Waals surface area contributed by atoms with Crippen molar-refractivity contribution in [2.24, 2.45) is 0 Å². The lowest BCUT2D eigenvalue weighted by molar-refractivity contribution is 0.0903. The summed E-state index contributed by atoms with van der Waals surface area (Å²) in [6.45, 7) is 2.55. The average molecular weight is 363 g/mol. The van der Waals surface area contributed by atoms with Gasteiger partial charge in [-0.05, 0) is 30.7 Å². The molecule has 0 amide bonds. The van der Waals surface area contributed by atoms with Crippen molar-refractivity contribution < 1.29 is 14.6 Å². The van der Waals surface area contributed by atoms with Crippen LogP contribution in [-0.4, -0.2) is 24.1 Å². The van der Waals surface area contributed by atoms with Crippen molar-refractivity contribution in [2.45, 2.75) is 90.4 Å². The zero-order chi connectivity index (χ0) is 18.9. The minimum Gasteiger partial charge on any atom is -0.494 e. The lowest BCUT2D eigenvalue weighted by Gasteiger charge is -2.07. The normalized spacial score (nSPS) is 10.8. The first-order valence-corrected chi connectivity index (χ1v) is 10.6. The summed E-state index contributed by atoms with van der Waals surface area (Å²) in [6, 6.07) is 7.01. The van der Waals surface area contributed by atoms with E-state index in [9.17, 15) is 4.79 Å². The van der Waals surface area contributed by atoms with E-state index in [4.69, 9.17) is 9.84 Å². The summed E-state index contributed by atoms with van der Waals surface area (Å²) in [4.78, 5) is 11.3. The molecule has 3 heteroatoms. The number of hydrogen-bond donors (Lipinski definition) is 1. The third kappa shape index (κ3) is 11.3. The number of carbonyl (C=O) groups excluding carboxylic acids is 1. The number of carbonyl (C=O) groups is 1. The molecule has 1 aromatic carbocycles. The number of Topliss-reactive ketones (excluding diaryl/α,β-unsaturated/α-hetero) is 1.